The van der Waals surface area contributed by atoms with Gasteiger partial charge in [-0.15, -0.1) is 0 Å². The monoisotopic (exact) mass is 574 g/mol. The van der Waals surface area contributed by atoms with Crippen LogP contribution in [0.25, 0.3) is 6.08 Å². The van der Waals surface area contributed by atoms with Crippen LogP contribution < -0.4 is 19.6 Å². The van der Waals surface area contributed by atoms with Crippen molar-refractivity contribution >= 4 is 46.0 Å². The van der Waals surface area contributed by atoms with Crippen molar-refractivity contribution in [1.82, 2.24) is 4.57 Å². The number of carbonyl (C=O) groups is 1. The lowest BCUT2D eigenvalue weighted by atomic mass is 9.95. The number of allylic oxidation sites excluding steroid dienone is 1. The number of fused-ring (bicyclic) bond motifs is 1. The first kappa shape index (κ1) is 23.4. The van der Waals surface area contributed by atoms with Crippen LogP contribution in [0.2, 0.25) is 0 Å². The van der Waals surface area contributed by atoms with E-state index in [4.69, 9.17) is 9.47 Å². The lowest BCUT2D eigenvalue weighted by molar-refractivity contribution is -0.136. The van der Waals surface area contributed by atoms with E-state index in [0.29, 0.717) is 33.6 Å². The van der Waals surface area contributed by atoms with Gasteiger partial charge in [0.05, 0.1) is 39.1 Å². The molecule has 8 heteroatoms. The third-order valence-corrected chi connectivity index (χ3v) is 7.15. The fraction of sp³-hybridized carbons (Fsp3) is 0.240. The number of halogens is 1. The zero-order valence-corrected chi connectivity index (χ0v) is 21.5. The van der Waals surface area contributed by atoms with Crippen molar-refractivity contribution in [3.05, 3.63) is 94.2 Å². The van der Waals surface area contributed by atoms with Gasteiger partial charge < -0.3 is 9.47 Å². The summed E-state index contributed by atoms with van der Waals surface area (Å²) in [6.45, 7) is 4.48. The molecule has 1 aliphatic heterocycles. The van der Waals surface area contributed by atoms with Crippen molar-refractivity contribution in [2.75, 3.05) is 13.7 Å². The van der Waals surface area contributed by atoms with Crippen LogP contribution in [-0.4, -0.2) is 24.3 Å². The Bertz CT molecular complexity index is 1410. The Labute approximate surface area is 209 Å². The van der Waals surface area contributed by atoms with E-state index in [0.717, 1.165) is 20.4 Å². The Balaban J connectivity index is 1.93. The molecular formula is C25H23IN2O4S. The summed E-state index contributed by atoms with van der Waals surface area (Å²) >= 11 is 3.55. The number of aromatic nitrogens is 1. The van der Waals surface area contributed by atoms with Gasteiger partial charge >= 0.3 is 5.97 Å². The third kappa shape index (κ3) is 4.54. The van der Waals surface area contributed by atoms with E-state index in [1.807, 2.05) is 68.5 Å². The summed E-state index contributed by atoms with van der Waals surface area (Å²) in [6.07, 6.45) is 2.41. The van der Waals surface area contributed by atoms with Gasteiger partial charge in [-0.3, -0.25) is 9.36 Å². The van der Waals surface area contributed by atoms with Gasteiger partial charge in [0.15, 0.2) is 4.80 Å². The lowest BCUT2D eigenvalue weighted by Crippen LogP contribution is -2.40. The second-order valence-corrected chi connectivity index (χ2v) is 9.49. The molecule has 0 N–H and O–H groups in total. The van der Waals surface area contributed by atoms with Crippen molar-refractivity contribution in [2.45, 2.75) is 26.3 Å². The molecule has 4 rings (SSSR count). The molecule has 0 saturated carbocycles. The van der Waals surface area contributed by atoms with Gasteiger partial charge in [-0.25, -0.2) is 9.79 Å². The van der Waals surface area contributed by atoms with E-state index in [2.05, 4.69) is 27.6 Å². The van der Waals surface area contributed by atoms with Crippen LogP contribution in [0, 0.1) is 3.57 Å². The van der Waals surface area contributed by atoms with E-state index in [-0.39, 0.29) is 5.56 Å². The molecule has 0 aliphatic carbocycles. The highest BCUT2D eigenvalue weighted by atomic mass is 127. The molecule has 170 valence electrons. The molecule has 0 amide bonds. The molecule has 3 aromatic rings. The maximum absolute atomic E-state index is 13.6. The average molecular weight is 574 g/mol. The molecule has 1 atom stereocenters. The van der Waals surface area contributed by atoms with Gasteiger partial charge in [-0.05, 0) is 65.3 Å². The first-order chi connectivity index (χ1) is 16.0. The molecule has 1 aromatic heterocycles. The zero-order valence-electron chi connectivity index (χ0n) is 18.5. The highest BCUT2D eigenvalue weighted by Gasteiger charge is 2.33. The summed E-state index contributed by atoms with van der Waals surface area (Å²) in [5, 5.41) is 0. The summed E-state index contributed by atoms with van der Waals surface area (Å²) < 4.78 is 13.8. The van der Waals surface area contributed by atoms with Crippen molar-refractivity contribution in [2.24, 2.45) is 4.99 Å². The Morgan fingerprint density at radius 3 is 2.61 bits per heavy atom. The third-order valence-electron chi connectivity index (χ3n) is 5.32. The number of esters is 1. The van der Waals surface area contributed by atoms with Gasteiger partial charge in [0, 0.05) is 0 Å². The van der Waals surface area contributed by atoms with Crippen LogP contribution in [0.15, 0.2) is 69.6 Å². The number of ether oxygens (including phenoxy) is 2. The van der Waals surface area contributed by atoms with Crippen molar-refractivity contribution in [3.63, 3.8) is 0 Å². The number of methoxy groups -OCH3 is 1. The largest absolute Gasteiger partial charge is 0.493 e. The van der Waals surface area contributed by atoms with E-state index in [9.17, 15) is 9.59 Å². The summed E-state index contributed by atoms with van der Waals surface area (Å²) in [5.41, 5.74) is 2.59. The molecule has 2 heterocycles. The number of benzene rings is 2. The second kappa shape index (κ2) is 10.0. The fourth-order valence-corrected chi connectivity index (χ4v) is 5.56. The van der Waals surface area contributed by atoms with Crippen LogP contribution in [0.3, 0.4) is 0 Å². The minimum Gasteiger partial charge on any atom is -0.493 e. The summed E-state index contributed by atoms with van der Waals surface area (Å²) in [4.78, 5) is 31.6. The Hall–Kier alpha value is -2.72. The highest BCUT2D eigenvalue weighted by molar-refractivity contribution is 14.1. The van der Waals surface area contributed by atoms with Crippen LogP contribution in [-0.2, 0) is 9.53 Å². The number of nitrogens with zero attached hydrogens (tertiary/aromatic N) is 2. The molecule has 1 aliphatic rings. The Morgan fingerprint density at radius 2 is 1.97 bits per heavy atom. The minimum atomic E-state index is -0.590. The lowest BCUT2D eigenvalue weighted by Gasteiger charge is -2.25. The molecule has 0 bridgehead atoms. The predicted molar refractivity (Wildman–Crippen MR) is 137 cm³/mol. The number of hydrogen-bond acceptors (Lipinski definition) is 6. The van der Waals surface area contributed by atoms with Crippen LogP contribution in [0.1, 0.15) is 37.4 Å². The van der Waals surface area contributed by atoms with Gasteiger partial charge in [0.25, 0.3) is 5.56 Å². The molecule has 0 fully saturated rings. The van der Waals surface area contributed by atoms with Crippen LogP contribution >= 0.6 is 33.9 Å². The van der Waals surface area contributed by atoms with Gasteiger partial charge in [-0.1, -0.05) is 54.7 Å². The first-order valence-corrected chi connectivity index (χ1v) is 12.5. The highest BCUT2D eigenvalue weighted by Crippen LogP contribution is 2.31. The topological polar surface area (TPSA) is 69.9 Å². The molecule has 0 unspecified atom stereocenters. The standard InChI is InChI=1S/C25H23IN2O4S/c1-4-18-21(24(30)31-3)22(16-9-7-6-8-10-16)28-23(29)20(33-25(28)27-18)14-15-11-12-19(32-5-2)17(26)13-15/h6-14,22H,4-5H2,1-3H3/b20-14-/t22-/m0/s1. The molecule has 6 nitrogen and oxygen atoms in total. The maximum atomic E-state index is 13.6. The van der Waals surface area contributed by atoms with Crippen molar-refractivity contribution < 1.29 is 14.3 Å². The number of thiazole rings is 1. The van der Waals surface area contributed by atoms with Gasteiger partial charge in [-0.2, -0.15) is 0 Å². The molecular weight excluding hydrogens is 551 g/mol. The molecule has 2 aromatic carbocycles. The average Bonchev–Trinajstić information content (AvgIpc) is 3.14. The number of carbonyl (C=O) groups excluding carboxylic acids is 1. The predicted octanol–water partition coefficient (Wildman–Crippen LogP) is 3.80. The fourth-order valence-electron chi connectivity index (χ4n) is 3.85. The summed E-state index contributed by atoms with van der Waals surface area (Å²) in [6, 6.07) is 14.8. The normalized spacial score (nSPS) is 15.8. The van der Waals surface area contributed by atoms with E-state index >= 15 is 0 Å². The number of rotatable bonds is 6. The van der Waals surface area contributed by atoms with Gasteiger partial charge in [0.1, 0.15) is 5.75 Å². The number of hydrogen-bond donors (Lipinski definition) is 0. The molecule has 0 saturated heterocycles. The molecule has 33 heavy (non-hydrogen) atoms. The van der Waals surface area contributed by atoms with E-state index in [1.54, 1.807) is 4.57 Å². The second-order valence-electron chi connectivity index (χ2n) is 7.32. The zero-order chi connectivity index (χ0) is 23.5. The minimum absolute atomic E-state index is 0.187. The van der Waals surface area contributed by atoms with Crippen LogP contribution in [0.5, 0.6) is 5.75 Å². The van der Waals surface area contributed by atoms with Gasteiger partial charge in [0.2, 0.25) is 0 Å². The molecule has 0 radical (unpaired) electrons. The quantitative estimate of drug-likeness (QED) is 0.332. The van der Waals surface area contributed by atoms with Crippen molar-refractivity contribution in [3.8, 4) is 5.75 Å². The van der Waals surface area contributed by atoms with Crippen molar-refractivity contribution in [1.29, 1.82) is 0 Å². The molecule has 0 spiro atoms. The van der Waals surface area contributed by atoms with E-state index < -0.39 is 12.0 Å². The first-order valence-electron chi connectivity index (χ1n) is 10.6. The Morgan fingerprint density at radius 1 is 1.21 bits per heavy atom. The maximum Gasteiger partial charge on any atom is 0.338 e. The Kier molecular flexibility index (Phi) is 7.14. The van der Waals surface area contributed by atoms with E-state index in [1.165, 1.54) is 18.4 Å². The van der Waals surface area contributed by atoms with Crippen LogP contribution in [0.4, 0.5) is 0 Å². The summed E-state index contributed by atoms with van der Waals surface area (Å²) in [7, 11) is 1.35. The smallest absolute Gasteiger partial charge is 0.338 e. The SMILES string of the molecule is CCOc1ccc(/C=c2\sc3n(c2=O)[C@@H](c2ccccc2)C(C(=O)OC)=C(CC)N=3)cc1I. The summed E-state index contributed by atoms with van der Waals surface area (Å²) in [5.74, 6) is 0.343.